The van der Waals surface area contributed by atoms with E-state index in [2.05, 4.69) is 25.3 Å². The minimum Gasteiger partial charge on any atom is -0.194 e. The number of hydrogen-bond donors (Lipinski definition) is 2. The molecule has 1 aromatic rings. The third-order valence-corrected chi connectivity index (χ3v) is 5.87. The molecule has 0 saturated carbocycles. The van der Waals surface area contributed by atoms with Crippen LogP contribution in [0.15, 0.2) is 38.0 Å². The van der Waals surface area contributed by atoms with Gasteiger partial charge in [0, 0.05) is 16.0 Å². The maximum atomic E-state index is 14.5. The van der Waals surface area contributed by atoms with Gasteiger partial charge in [0.05, 0.1) is 4.21 Å². The molecule has 136 valence electrons. The molecule has 0 radical (unpaired) electrons. The van der Waals surface area contributed by atoms with E-state index in [4.69, 9.17) is 0 Å². The zero-order valence-electron chi connectivity index (χ0n) is 12.9. The normalized spacial score (nSPS) is 24.3. The number of alkyl halides is 6. The van der Waals surface area contributed by atoms with Gasteiger partial charge in [-0.05, 0) is 48.5 Å². The minimum atomic E-state index is -5.53. The molecule has 0 aromatic carbocycles. The van der Waals surface area contributed by atoms with Crippen LogP contribution in [0, 0.1) is 6.92 Å². The van der Waals surface area contributed by atoms with Crippen LogP contribution in [0.2, 0.25) is 0 Å². The second-order valence-corrected chi connectivity index (χ2v) is 8.65. The lowest BCUT2D eigenvalue weighted by Crippen LogP contribution is -2.49. The van der Waals surface area contributed by atoms with Crippen molar-refractivity contribution in [3.63, 3.8) is 0 Å². The summed E-state index contributed by atoms with van der Waals surface area (Å²) >= 11 is 9.04. The van der Waals surface area contributed by atoms with Crippen molar-refractivity contribution in [3.05, 3.63) is 44.2 Å². The Labute approximate surface area is 155 Å². The molecule has 0 atom stereocenters. The first-order valence-electron chi connectivity index (χ1n) is 7.10. The molecule has 0 spiro atoms. The van der Waals surface area contributed by atoms with Crippen LogP contribution in [-0.4, -0.2) is 17.8 Å². The highest BCUT2D eigenvalue weighted by Gasteiger charge is 2.80. The van der Waals surface area contributed by atoms with Crippen LogP contribution in [0.4, 0.5) is 26.3 Å². The number of thiol groups is 2. The SMILES string of the molecule is CC1=C(C2=C(c3cc(S)sc3C)C(F)(F)C(F)(F)C2(F)F)C=C(S)C1. The van der Waals surface area contributed by atoms with E-state index in [0.717, 1.165) is 23.5 Å². The molecule has 2 aliphatic rings. The lowest BCUT2D eigenvalue weighted by Gasteiger charge is -2.26. The highest BCUT2D eigenvalue weighted by Crippen LogP contribution is 2.65. The van der Waals surface area contributed by atoms with Gasteiger partial charge in [0.2, 0.25) is 0 Å². The van der Waals surface area contributed by atoms with Gasteiger partial charge < -0.3 is 0 Å². The smallest absolute Gasteiger partial charge is 0.194 e. The second kappa shape index (κ2) is 5.60. The van der Waals surface area contributed by atoms with Crippen LogP contribution in [0.5, 0.6) is 0 Å². The molecule has 0 nitrogen and oxygen atoms in total. The zero-order chi connectivity index (χ0) is 18.9. The van der Waals surface area contributed by atoms with E-state index in [-0.39, 0.29) is 26.6 Å². The van der Waals surface area contributed by atoms with Gasteiger partial charge in [0.25, 0.3) is 0 Å². The summed E-state index contributed by atoms with van der Waals surface area (Å²) in [6, 6.07) is 1.13. The van der Waals surface area contributed by atoms with E-state index < -0.39 is 28.9 Å². The lowest BCUT2D eigenvalue weighted by molar-refractivity contribution is -0.259. The molecule has 3 rings (SSSR count). The third-order valence-electron chi connectivity index (χ3n) is 4.33. The Bertz CT molecular complexity index is 857. The van der Waals surface area contributed by atoms with Crippen molar-refractivity contribution in [1.82, 2.24) is 0 Å². The first-order valence-corrected chi connectivity index (χ1v) is 8.81. The van der Waals surface area contributed by atoms with E-state index in [1.807, 2.05) is 0 Å². The Morgan fingerprint density at radius 1 is 0.960 bits per heavy atom. The van der Waals surface area contributed by atoms with Crippen LogP contribution in [0.3, 0.4) is 0 Å². The van der Waals surface area contributed by atoms with Crippen molar-refractivity contribution in [1.29, 1.82) is 0 Å². The van der Waals surface area contributed by atoms with Gasteiger partial charge >= 0.3 is 17.8 Å². The molecule has 0 saturated heterocycles. The minimum absolute atomic E-state index is 0.156. The van der Waals surface area contributed by atoms with Gasteiger partial charge in [-0.3, -0.25) is 0 Å². The van der Waals surface area contributed by atoms with Crippen molar-refractivity contribution >= 4 is 42.2 Å². The molecule has 9 heteroatoms. The maximum absolute atomic E-state index is 14.5. The Kier molecular flexibility index (Phi) is 4.25. The predicted molar refractivity (Wildman–Crippen MR) is 92.5 cm³/mol. The number of aryl methyl sites for hydroxylation is 1. The van der Waals surface area contributed by atoms with E-state index in [9.17, 15) is 26.3 Å². The Morgan fingerprint density at radius 3 is 1.96 bits per heavy atom. The molecule has 0 amide bonds. The lowest BCUT2D eigenvalue weighted by atomic mass is 9.94. The van der Waals surface area contributed by atoms with Gasteiger partial charge in [-0.2, -0.15) is 26.3 Å². The molecule has 0 N–H and O–H groups in total. The summed E-state index contributed by atoms with van der Waals surface area (Å²) in [6.45, 7) is 2.85. The van der Waals surface area contributed by atoms with Crippen LogP contribution in [0.1, 0.15) is 23.8 Å². The highest BCUT2D eigenvalue weighted by molar-refractivity contribution is 7.84. The molecule has 0 bridgehead atoms. The summed E-state index contributed by atoms with van der Waals surface area (Å²) < 4.78 is 86.5. The number of hydrogen-bond acceptors (Lipinski definition) is 3. The molecule has 2 aliphatic carbocycles. The molecule has 0 aliphatic heterocycles. The van der Waals surface area contributed by atoms with Crippen molar-refractivity contribution in [2.24, 2.45) is 0 Å². The van der Waals surface area contributed by atoms with Crippen LogP contribution < -0.4 is 0 Å². The van der Waals surface area contributed by atoms with Gasteiger partial charge in [-0.1, -0.05) is 5.57 Å². The van der Waals surface area contributed by atoms with Crippen LogP contribution >= 0.6 is 36.6 Å². The fourth-order valence-electron chi connectivity index (χ4n) is 3.14. The second-order valence-electron chi connectivity index (χ2n) is 6.03. The topological polar surface area (TPSA) is 0 Å². The quantitative estimate of drug-likeness (QED) is 0.398. The Hall–Kier alpha value is -0.800. The van der Waals surface area contributed by atoms with E-state index >= 15 is 0 Å². The molecule has 1 heterocycles. The maximum Gasteiger partial charge on any atom is 0.380 e. The largest absolute Gasteiger partial charge is 0.380 e. The summed E-state index contributed by atoms with van der Waals surface area (Å²) in [4.78, 5) is 0.572. The van der Waals surface area contributed by atoms with Gasteiger partial charge in [-0.15, -0.1) is 36.6 Å². The molecule has 25 heavy (non-hydrogen) atoms. The predicted octanol–water partition coefficient (Wildman–Crippen LogP) is 6.55. The molecule has 0 fully saturated rings. The highest BCUT2D eigenvalue weighted by atomic mass is 32.2. The van der Waals surface area contributed by atoms with E-state index in [1.165, 1.54) is 13.8 Å². The summed E-state index contributed by atoms with van der Waals surface area (Å²) in [5.41, 5.74) is -2.98. The van der Waals surface area contributed by atoms with Gasteiger partial charge in [-0.25, -0.2) is 0 Å². The third kappa shape index (κ3) is 2.45. The number of rotatable bonds is 2. The Balaban J connectivity index is 2.43. The standard InChI is InChI=1S/C16H12F6S3/c1-6-3-8(23)4-9(6)12-13(10-5-11(24)25-7(10)2)15(19,20)16(21,22)14(12,17)18/h4-5,23-24H,3H2,1-2H3. The first kappa shape index (κ1) is 19.0. The summed E-state index contributed by atoms with van der Waals surface area (Å²) in [5.74, 6) is -15.6. The van der Waals surface area contributed by atoms with Crippen molar-refractivity contribution < 1.29 is 26.3 Å². The molecule has 0 unspecified atom stereocenters. The Morgan fingerprint density at radius 2 is 1.52 bits per heavy atom. The van der Waals surface area contributed by atoms with E-state index in [1.54, 1.807) is 0 Å². The number of halogens is 6. The zero-order valence-corrected chi connectivity index (χ0v) is 15.5. The fourth-order valence-corrected chi connectivity index (χ4v) is 4.81. The van der Waals surface area contributed by atoms with Gasteiger partial charge in [0.1, 0.15) is 0 Å². The van der Waals surface area contributed by atoms with Crippen LogP contribution in [0.25, 0.3) is 5.57 Å². The van der Waals surface area contributed by atoms with Crippen molar-refractivity contribution in [3.8, 4) is 0 Å². The average Bonchev–Trinajstić information content (AvgIpc) is 2.98. The fraction of sp³-hybridized carbons (Fsp3) is 0.375. The average molecular weight is 414 g/mol. The monoisotopic (exact) mass is 414 g/mol. The molecular formula is C16H12F6S3. The molecular weight excluding hydrogens is 402 g/mol. The summed E-state index contributed by atoms with van der Waals surface area (Å²) in [6.07, 6.45) is 1.31. The number of allylic oxidation sites excluding steroid dienone is 6. The summed E-state index contributed by atoms with van der Waals surface area (Å²) in [7, 11) is 0. The van der Waals surface area contributed by atoms with E-state index in [0.29, 0.717) is 10.5 Å². The van der Waals surface area contributed by atoms with Crippen LogP contribution in [-0.2, 0) is 0 Å². The summed E-state index contributed by atoms with van der Waals surface area (Å²) in [5, 5.41) is 0. The first-order chi connectivity index (χ1) is 11.3. The number of thiophene rings is 1. The molecule has 1 aromatic heterocycles. The van der Waals surface area contributed by atoms with Crippen molar-refractivity contribution in [2.75, 3.05) is 0 Å². The van der Waals surface area contributed by atoms with Gasteiger partial charge in [0.15, 0.2) is 0 Å². The van der Waals surface area contributed by atoms with Crippen molar-refractivity contribution in [2.45, 2.75) is 42.2 Å².